The van der Waals surface area contributed by atoms with E-state index < -0.39 is 0 Å². The fourth-order valence-corrected chi connectivity index (χ4v) is 2.66. The number of aromatic nitrogens is 2. The van der Waals surface area contributed by atoms with Gasteiger partial charge < -0.3 is 14.7 Å². The van der Waals surface area contributed by atoms with Gasteiger partial charge in [-0.25, -0.2) is 9.97 Å². The summed E-state index contributed by atoms with van der Waals surface area (Å²) in [5.74, 6) is 1.28. The Labute approximate surface area is 107 Å². The lowest BCUT2D eigenvalue weighted by atomic mass is 9.94. The molecular formula is C13H19N3O2. The maximum atomic E-state index is 9.51. The number of hydrogen-bond acceptors (Lipinski definition) is 5. The van der Waals surface area contributed by atoms with Crippen LogP contribution in [0.4, 0.5) is 5.95 Å². The highest BCUT2D eigenvalue weighted by molar-refractivity contribution is 5.32. The summed E-state index contributed by atoms with van der Waals surface area (Å²) in [6, 6.07) is 0. The Morgan fingerprint density at radius 2 is 1.89 bits per heavy atom. The molecule has 0 radical (unpaired) electrons. The summed E-state index contributed by atoms with van der Waals surface area (Å²) < 4.78 is 5.36. The molecule has 98 valence electrons. The topological polar surface area (TPSA) is 58.5 Å². The van der Waals surface area contributed by atoms with Crippen molar-refractivity contribution in [2.75, 3.05) is 31.2 Å². The van der Waals surface area contributed by atoms with Crippen LogP contribution >= 0.6 is 0 Å². The van der Waals surface area contributed by atoms with Gasteiger partial charge in [0.1, 0.15) is 0 Å². The van der Waals surface area contributed by atoms with Crippen LogP contribution in [-0.2, 0) is 4.74 Å². The molecule has 2 saturated heterocycles. The lowest BCUT2D eigenvalue weighted by molar-refractivity contribution is 0.0852. The van der Waals surface area contributed by atoms with Crippen LogP contribution < -0.4 is 4.90 Å². The molecule has 2 aliphatic heterocycles. The van der Waals surface area contributed by atoms with E-state index in [1.165, 1.54) is 5.56 Å². The third-order valence-electron chi connectivity index (χ3n) is 3.80. The molecule has 1 aromatic heterocycles. The van der Waals surface area contributed by atoms with Gasteiger partial charge in [-0.2, -0.15) is 0 Å². The zero-order valence-corrected chi connectivity index (χ0v) is 10.5. The minimum absolute atomic E-state index is 0.233. The lowest BCUT2D eigenvalue weighted by Crippen LogP contribution is -2.23. The maximum absolute atomic E-state index is 9.51. The summed E-state index contributed by atoms with van der Waals surface area (Å²) in [5.41, 5.74) is 1.21. The summed E-state index contributed by atoms with van der Waals surface area (Å²) in [5, 5.41) is 9.51. The average Bonchev–Trinajstić information content (AvgIpc) is 2.87. The molecule has 2 aliphatic rings. The standard InChI is InChI=1S/C13H19N3O2/c17-12-1-4-16(9-12)13-14-7-11(8-15-13)10-2-5-18-6-3-10/h7-8,10,12,17H,1-6,9H2. The number of hydrogen-bond donors (Lipinski definition) is 1. The van der Waals surface area contributed by atoms with E-state index in [1.807, 2.05) is 17.3 Å². The fraction of sp³-hybridized carbons (Fsp3) is 0.692. The smallest absolute Gasteiger partial charge is 0.225 e. The highest BCUT2D eigenvalue weighted by Gasteiger charge is 2.23. The van der Waals surface area contributed by atoms with Crippen molar-refractivity contribution in [2.45, 2.75) is 31.3 Å². The number of anilines is 1. The molecule has 0 amide bonds. The normalized spacial score (nSPS) is 25.6. The number of aliphatic hydroxyl groups excluding tert-OH is 1. The van der Waals surface area contributed by atoms with Crippen LogP contribution in [0.2, 0.25) is 0 Å². The van der Waals surface area contributed by atoms with Crippen LogP contribution in [0.15, 0.2) is 12.4 Å². The summed E-state index contributed by atoms with van der Waals surface area (Å²) >= 11 is 0. The Bertz CT molecular complexity index is 366. The van der Waals surface area contributed by atoms with Gasteiger partial charge in [0.05, 0.1) is 6.10 Å². The predicted octanol–water partition coefficient (Wildman–Crippen LogP) is 0.942. The first kappa shape index (κ1) is 11.9. The molecule has 0 aromatic carbocycles. The zero-order valence-electron chi connectivity index (χ0n) is 10.5. The van der Waals surface area contributed by atoms with Crippen LogP contribution in [0.5, 0.6) is 0 Å². The Kier molecular flexibility index (Phi) is 3.43. The van der Waals surface area contributed by atoms with E-state index in [9.17, 15) is 5.11 Å². The predicted molar refractivity (Wildman–Crippen MR) is 67.7 cm³/mol. The molecular weight excluding hydrogens is 230 g/mol. The minimum Gasteiger partial charge on any atom is -0.391 e. The molecule has 0 bridgehead atoms. The SMILES string of the molecule is OC1CCN(c2ncc(C3CCOCC3)cn2)C1. The number of β-amino-alcohol motifs (C(OH)–C–C–N with tert-alkyl or cyclic N) is 1. The molecule has 1 aromatic rings. The number of nitrogens with zero attached hydrogens (tertiary/aromatic N) is 3. The van der Waals surface area contributed by atoms with Crippen molar-refractivity contribution in [1.29, 1.82) is 0 Å². The van der Waals surface area contributed by atoms with Crippen molar-refractivity contribution >= 4 is 5.95 Å². The van der Waals surface area contributed by atoms with Crippen molar-refractivity contribution < 1.29 is 9.84 Å². The molecule has 1 N–H and O–H groups in total. The maximum Gasteiger partial charge on any atom is 0.225 e. The highest BCUT2D eigenvalue weighted by atomic mass is 16.5. The Balaban J connectivity index is 1.68. The Hall–Kier alpha value is -1.20. The van der Waals surface area contributed by atoms with Gasteiger partial charge in [-0.1, -0.05) is 0 Å². The van der Waals surface area contributed by atoms with E-state index >= 15 is 0 Å². The van der Waals surface area contributed by atoms with Crippen LogP contribution in [0.1, 0.15) is 30.7 Å². The summed E-state index contributed by atoms with van der Waals surface area (Å²) in [6.45, 7) is 3.17. The van der Waals surface area contributed by atoms with Gasteiger partial charge in [0.15, 0.2) is 0 Å². The molecule has 3 rings (SSSR count). The second-order valence-electron chi connectivity index (χ2n) is 5.09. The third-order valence-corrected chi connectivity index (χ3v) is 3.80. The minimum atomic E-state index is -0.233. The second-order valence-corrected chi connectivity index (χ2v) is 5.09. The van der Waals surface area contributed by atoms with Gasteiger partial charge in [-0.05, 0) is 30.7 Å². The quantitative estimate of drug-likeness (QED) is 0.845. The van der Waals surface area contributed by atoms with Crippen molar-refractivity contribution in [2.24, 2.45) is 0 Å². The first-order valence-corrected chi connectivity index (χ1v) is 6.65. The average molecular weight is 249 g/mol. The van der Waals surface area contributed by atoms with Crippen molar-refractivity contribution in [1.82, 2.24) is 9.97 Å². The summed E-state index contributed by atoms with van der Waals surface area (Å²) in [4.78, 5) is 10.9. The molecule has 1 atom stereocenters. The lowest BCUT2D eigenvalue weighted by Gasteiger charge is -2.22. The summed E-state index contributed by atoms with van der Waals surface area (Å²) in [6.07, 6.45) is 6.57. The largest absolute Gasteiger partial charge is 0.391 e. The second kappa shape index (κ2) is 5.20. The van der Waals surface area contributed by atoms with Crippen LogP contribution in [-0.4, -0.2) is 47.5 Å². The van der Waals surface area contributed by atoms with Gasteiger partial charge in [0.25, 0.3) is 0 Å². The van der Waals surface area contributed by atoms with Crippen LogP contribution in [0.25, 0.3) is 0 Å². The Morgan fingerprint density at radius 3 is 2.50 bits per heavy atom. The number of ether oxygens (including phenoxy) is 1. The van der Waals surface area contributed by atoms with Gasteiger partial charge in [0.2, 0.25) is 5.95 Å². The Morgan fingerprint density at radius 1 is 1.17 bits per heavy atom. The first-order chi connectivity index (χ1) is 8.83. The van der Waals surface area contributed by atoms with Crippen LogP contribution in [0.3, 0.4) is 0 Å². The van der Waals surface area contributed by atoms with Gasteiger partial charge in [-0.15, -0.1) is 0 Å². The number of rotatable bonds is 2. The molecule has 1 unspecified atom stereocenters. The van der Waals surface area contributed by atoms with Gasteiger partial charge in [0, 0.05) is 38.7 Å². The summed E-state index contributed by atoms with van der Waals surface area (Å²) in [7, 11) is 0. The molecule has 2 fully saturated rings. The zero-order chi connectivity index (χ0) is 12.4. The van der Waals surface area contributed by atoms with E-state index in [2.05, 4.69) is 9.97 Å². The van der Waals surface area contributed by atoms with Crippen molar-refractivity contribution in [3.05, 3.63) is 18.0 Å². The molecule has 5 nitrogen and oxygen atoms in total. The van der Waals surface area contributed by atoms with E-state index in [-0.39, 0.29) is 6.10 Å². The highest BCUT2D eigenvalue weighted by Crippen LogP contribution is 2.26. The van der Waals surface area contributed by atoms with Gasteiger partial charge in [-0.3, -0.25) is 0 Å². The molecule has 18 heavy (non-hydrogen) atoms. The van der Waals surface area contributed by atoms with Gasteiger partial charge >= 0.3 is 0 Å². The molecule has 5 heteroatoms. The fourth-order valence-electron chi connectivity index (χ4n) is 2.66. The molecule has 3 heterocycles. The number of aliphatic hydroxyl groups is 1. The first-order valence-electron chi connectivity index (χ1n) is 6.65. The monoisotopic (exact) mass is 249 g/mol. The third kappa shape index (κ3) is 2.47. The van der Waals surface area contributed by atoms with Crippen molar-refractivity contribution in [3.63, 3.8) is 0 Å². The molecule has 0 spiro atoms. The molecule has 0 saturated carbocycles. The van der Waals surface area contributed by atoms with E-state index in [0.29, 0.717) is 12.5 Å². The van der Waals surface area contributed by atoms with E-state index in [1.54, 1.807) is 0 Å². The van der Waals surface area contributed by atoms with E-state index in [4.69, 9.17) is 4.74 Å². The molecule has 0 aliphatic carbocycles. The van der Waals surface area contributed by atoms with Crippen LogP contribution in [0, 0.1) is 0 Å². The van der Waals surface area contributed by atoms with Crippen molar-refractivity contribution in [3.8, 4) is 0 Å². The van der Waals surface area contributed by atoms with E-state index in [0.717, 1.165) is 45.0 Å².